The van der Waals surface area contributed by atoms with Crippen LogP contribution < -0.4 is 5.73 Å². The minimum absolute atomic E-state index is 0.129. The summed E-state index contributed by atoms with van der Waals surface area (Å²) in [4.78, 5) is 30.7. The number of aromatic hydroxyl groups is 1. The maximum absolute atomic E-state index is 10.6. The number of nitrogens with zero attached hydrogens (tertiary/aromatic N) is 2. The van der Waals surface area contributed by atoms with Crippen LogP contribution in [0.1, 0.15) is 5.56 Å². The molecule has 1 rings (SSSR count). The lowest BCUT2D eigenvalue weighted by molar-refractivity contribution is -0.385. The van der Waals surface area contributed by atoms with Crippen molar-refractivity contribution >= 4 is 17.3 Å². The Hall–Kier alpha value is -2.55. The summed E-state index contributed by atoms with van der Waals surface area (Å²) in [6, 6.07) is 0.735. The number of benzene rings is 1. The zero-order valence-electron chi connectivity index (χ0n) is 8.94. The van der Waals surface area contributed by atoms with Crippen molar-refractivity contribution in [3.63, 3.8) is 0 Å². The Morgan fingerprint density at radius 3 is 2.61 bits per heavy atom. The van der Waals surface area contributed by atoms with Gasteiger partial charge in [0.15, 0.2) is 5.69 Å². The Bertz CT molecular complexity index is 515. The van der Waals surface area contributed by atoms with Crippen molar-refractivity contribution in [3.8, 4) is 5.75 Å². The highest BCUT2D eigenvalue weighted by Gasteiger charge is 2.22. The van der Waals surface area contributed by atoms with E-state index in [0.717, 1.165) is 12.1 Å². The van der Waals surface area contributed by atoms with Crippen LogP contribution in [0.2, 0.25) is 0 Å². The highest BCUT2D eigenvalue weighted by molar-refractivity contribution is 5.74. The molecule has 0 heterocycles. The van der Waals surface area contributed by atoms with E-state index in [1.54, 1.807) is 0 Å². The topological polar surface area (TPSA) is 156 Å². The van der Waals surface area contributed by atoms with E-state index in [-0.39, 0.29) is 12.0 Å². The molecule has 1 aromatic rings. The Morgan fingerprint density at radius 1 is 1.56 bits per heavy atom. The van der Waals surface area contributed by atoms with Crippen LogP contribution >= 0.6 is 0 Å². The van der Waals surface area contributed by atoms with Gasteiger partial charge in [0, 0.05) is 6.07 Å². The lowest BCUT2D eigenvalue weighted by atomic mass is 10.0. The molecule has 0 aliphatic carbocycles. The number of hydrogen-bond acceptors (Lipinski definition) is 7. The van der Waals surface area contributed by atoms with Crippen molar-refractivity contribution in [2.75, 3.05) is 0 Å². The molecule has 0 aliphatic rings. The molecule has 0 amide bonds. The number of nitrogens with two attached hydrogens (primary N) is 1. The summed E-state index contributed by atoms with van der Waals surface area (Å²) in [5, 5.41) is 31.0. The number of hydrogen-bond donors (Lipinski definition) is 3. The number of phenols is 1. The third-order valence-electron chi connectivity index (χ3n) is 2.20. The number of rotatable bonds is 5. The van der Waals surface area contributed by atoms with E-state index in [4.69, 9.17) is 10.8 Å². The van der Waals surface area contributed by atoms with Gasteiger partial charge in [-0.05, 0) is 23.2 Å². The SMILES string of the molecule is N[C@@H](Cc1cc(N=O)c(O)c([N+](=O)[O-])c1)C(=O)O. The van der Waals surface area contributed by atoms with Gasteiger partial charge in [-0.3, -0.25) is 14.9 Å². The summed E-state index contributed by atoms with van der Waals surface area (Å²) >= 11 is 0. The van der Waals surface area contributed by atoms with E-state index in [2.05, 4.69) is 5.18 Å². The average molecular weight is 255 g/mol. The number of carbonyl (C=O) groups is 1. The second-order valence-corrected chi connectivity index (χ2v) is 3.48. The molecule has 96 valence electrons. The normalized spacial score (nSPS) is 11.8. The largest absolute Gasteiger partial charge is 0.501 e. The minimum Gasteiger partial charge on any atom is -0.501 e. The standard InChI is InChI=1S/C9H9N3O6/c10-5(9(14)15)1-4-2-6(11-16)8(13)7(3-4)12(17)18/h2-3,5,13H,1,10H2,(H,14,15)/t5-/m0/s1. The maximum Gasteiger partial charge on any atom is 0.320 e. The molecular weight excluding hydrogens is 246 g/mol. The van der Waals surface area contributed by atoms with Crippen LogP contribution in [0.5, 0.6) is 5.75 Å². The fourth-order valence-corrected chi connectivity index (χ4v) is 1.33. The van der Waals surface area contributed by atoms with Crippen LogP contribution in [-0.4, -0.2) is 27.1 Å². The van der Waals surface area contributed by atoms with Gasteiger partial charge < -0.3 is 15.9 Å². The molecule has 1 aromatic carbocycles. The van der Waals surface area contributed by atoms with Crippen molar-refractivity contribution in [2.45, 2.75) is 12.5 Å². The van der Waals surface area contributed by atoms with E-state index < -0.39 is 34.1 Å². The zero-order valence-corrected chi connectivity index (χ0v) is 8.94. The molecule has 0 radical (unpaired) electrons. The third-order valence-corrected chi connectivity index (χ3v) is 2.20. The maximum atomic E-state index is 10.6. The Labute approximate surface area is 100.0 Å². The molecule has 9 nitrogen and oxygen atoms in total. The van der Waals surface area contributed by atoms with Crippen LogP contribution in [0.25, 0.3) is 0 Å². The lowest BCUT2D eigenvalue weighted by Crippen LogP contribution is -2.32. The number of nitro groups is 1. The molecule has 4 N–H and O–H groups in total. The summed E-state index contributed by atoms with van der Waals surface area (Å²) < 4.78 is 0. The number of carboxylic acids is 1. The quantitative estimate of drug-likeness (QED) is 0.396. The molecular formula is C9H9N3O6. The Morgan fingerprint density at radius 2 is 2.17 bits per heavy atom. The predicted molar refractivity (Wildman–Crippen MR) is 59.5 cm³/mol. The van der Waals surface area contributed by atoms with E-state index in [9.17, 15) is 24.9 Å². The first-order valence-electron chi connectivity index (χ1n) is 4.68. The van der Waals surface area contributed by atoms with Gasteiger partial charge in [-0.2, -0.15) is 0 Å². The molecule has 0 aromatic heterocycles. The zero-order chi connectivity index (χ0) is 13.9. The summed E-state index contributed by atoms with van der Waals surface area (Å²) in [5.41, 5.74) is 4.14. The van der Waals surface area contributed by atoms with Crippen molar-refractivity contribution in [1.82, 2.24) is 0 Å². The van der Waals surface area contributed by atoms with Gasteiger partial charge in [-0.15, -0.1) is 4.91 Å². The Kier molecular flexibility index (Phi) is 3.89. The van der Waals surface area contributed by atoms with Crippen LogP contribution in [0.15, 0.2) is 17.3 Å². The van der Waals surface area contributed by atoms with Crippen LogP contribution in [-0.2, 0) is 11.2 Å². The van der Waals surface area contributed by atoms with Crippen molar-refractivity contribution < 1.29 is 19.9 Å². The molecule has 0 saturated heterocycles. The fraction of sp³-hybridized carbons (Fsp3) is 0.222. The lowest BCUT2D eigenvalue weighted by Gasteiger charge is -2.07. The van der Waals surface area contributed by atoms with Gasteiger partial charge in [0.1, 0.15) is 6.04 Å². The first kappa shape index (κ1) is 13.5. The van der Waals surface area contributed by atoms with Gasteiger partial charge in [0.05, 0.1) is 4.92 Å². The van der Waals surface area contributed by atoms with Crippen molar-refractivity contribution in [3.05, 3.63) is 32.7 Å². The number of aliphatic carboxylic acids is 1. The van der Waals surface area contributed by atoms with Gasteiger partial charge in [-0.25, -0.2) is 0 Å². The van der Waals surface area contributed by atoms with Crippen molar-refractivity contribution in [2.24, 2.45) is 10.9 Å². The van der Waals surface area contributed by atoms with E-state index in [0.29, 0.717) is 0 Å². The molecule has 18 heavy (non-hydrogen) atoms. The number of carboxylic acid groups (broad SMARTS) is 1. The molecule has 1 atom stereocenters. The van der Waals surface area contributed by atoms with E-state index >= 15 is 0 Å². The second-order valence-electron chi connectivity index (χ2n) is 3.48. The monoisotopic (exact) mass is 255 g/mol. The minimum atomic E-state index is -1.29. The van der Waals surface area contributed by atoms with Crippen LogP contribution in [0, 0.1) is 15.0 Å². The van der Waals surface area contributed by atoms with Crippen LogP contribution in [0.3, 0.4) is 0 Å². The highest BCUT2D eigenvalue weighted by atomic mass is 16.6. The molecule has 0 fully saturated rings. The molecule has 0 saturated carbocycles. The van der Waals surface area contributed by atoms with Crippen molar-refractivity contribution in [1.29, 1.82) is 0 Å². The van der Waals surface area contributed by atoms with Gasteiger partial charge in [0.2, 0.25) is 5.75 Å². The highest BCUT2D eigenvalue weighted by Crippen LogP contribution is 2.37. The van der Waals surface area contributed by atoms with Crippen LogP contribution in [0.4, 0.5) is 11.4 Å². The first-order valence-corrected chi connectivity index (χ1v) is 4.68. The van der Waals surface area contributed by atoms with E-state index in [1.807, 2.05) is 0 Å². The fourth-order valence-electron chi connectivity index (χ4n) is 1.33. The summed E-state index contributed by atoms with van der Waals surface area (Å²) in [6.07, 6.45) is -0.223. The molecule has 9 heteroatoms. The van der Waals surface area contributed by atoms with E-state index in [1.165, 1.54) is 0 Å². The van der Waals surface area contributed by atoms with Gasteiger partial charge in [-0.1, -0.05) is 0 Å². The number of nitroso groups, excluding NO2 is 1. The van der Waals surface area contributed by atoms with Gasteiger partial charge in [0.25, 0.3) is 0 Å². The molecule has 0 unspecified atom stereocenters. The second kappa shape index (κ2) is 5.19. The summed E-state index contributed by atoms with van der Waals surface area (Å²) in [7, 11) is 0. The molecule has 0 bridgehead atoms. The average Bonchev–Trinajstić information content (AvgIpc) is 2.30. The number of phenolic OH excluding ortho intramolecular Hbond substituents is 1. The third kappa shape index (κ3) is 2.77. The molecule has 0 aliphatic heterocycles. The summed E-state index contributed by atoms with van der Waals surface area (Å²) in [5.74, 6) is -2.14. The smallest absolute Gasteiger partial charge is 0.320 e. The molecule has 0 spiro atoms. The summed E-state index contributed by atoms with van der Waals surface area (Å²) in [6.45, 7) is 0. The first-order chi connectivity index (χ1) is 8.36. The number of nitro benzene ring substituents is 1. The Balaban J connectivity index is 3.22. The predicted octanol–water partition coefficient (Wildman–Crippen LogP) is 0.653. The van der Waals surface area contributed by atoms with Gasteiger partial charge >= 0.3 is 11.7 Å².